The zero-order valence-electron chi connectivity index (χ0n) is 7.27. The number of anilines is 1. The number of hydrogen-bond acceptors (Lipinski definition) is 3. The minimum atomic E-state index is -0.0750. The van der Waals surface area contributed by atoms with E-state index in [9.17, 15) is 4.79 Å². The fourth-order valence-corrected chi connectivity index (χ4v) is 1.14. The van der Waals surface area contributed by atoms with Gasteiger partial charge in [0.15, 0.2) is 0 Å². The Kier molecular flexibility index (Phi) is 3.19. The van der Waals surface area contributed by atoms with Crippen LogP contribution in [0.1, 0.15) is 0 Å². The molecule has 13 heavy (non-hydrogen) atoms. The first-order valence-corrected chi connectivity index (χ1v) is 4.45. The van der Waals surface area contributed by atoms with Gasteiger partial charge in [0.05, 0.1) is 5.75 Å². The minimum Gasteiger partial charge on any atom is -0.508 e. The molecule has 1 aromatic carbocycles. The van der Waals surface area contributed by atoms with Gasteiger partial charge in [-0.2, -0.15) is 12.6 Å². The van der Waals surface area contributed by atoms with Crippen LogP contribution in [-0.4, -0.2) is 23.8 Å². The highest BCUT2D eigenvalue weighted by Gasteiger charge is 2.07. The highest BCUT2D eigenvalue weighted by molar-refractivity contribution is 7.81. The highest BCUT2D eigenvalue weighted by atomic mass is 32.1. The van der Waals surface area contributed by atoms with E-state index in [1.165, 1.54) is 17.0 Å². The van der Waals surface area contributed by atoms with Crippen molar-refractivity contribution in [3.05, 3.63) is 24.3 Å². The largest absolute Gasteiger partial charge is 0.508 e. The van der Waals surface area contributed by atoms with Gasteiger partial charge in [-0.3, -0.25) is 4.79 Å². The molecule has 0 saturated heterocycles. The number of hydrogen-bond donors (Lipinski definition) is 2. The molecule has 0 atom stereocenters. The van der Waals surface area contributed by atoms with Crippen molar-refractivity contribution in [1.82, 2.24) is 0 Å². The second kappa shape index (κ2) is 4.18. The van der Waals surface area contributed by atoms with Crippen LogP contribution in [0.5, 0.6) is 5.75 Å². The van der Waals surface area contributed by atoms with Crippen LogP contribution in [0, 0.1) is 0 Å². The Morgan fingerprint density at radius 2 is 2.00 bits per heavy atom. The van der Waals surface area contributed by atoms with E-state index >= 15 is 0 Å². The predicted octanol–water partition coefficient (Wildman–Crippen LogP) is 1.28. The maximum absolute atomic E-state index is 11.2. The van der Waals surface area contributed by atoms with Crippen LogP contribution in [0.25, 0.3) is 0 Å². The Hall–Kier alpha value is -1.16. The first-order valence-electron chi connectivity index (χ1n) is 3.81. The Bertz CT molecular complexity index is 297. The normalized spacial score (nSPS) is 9.69. The number of amides is 1. The molecular formula is C9H11NO2S. The summed E-state index contributed by atoms with van der Waals surface area (Å²) in [5, 5.41) is 9.02. The van der Waals surface area contributed by atoms with Gasteiger partial charge >= 0.3 is 0 Å². The van der Waals surface area contributed by atoms with Crippen molar-refractivity contribution in [2.45, 2.75) is 0 Å². The lowest BCUT2D eigenvalue weighted by molar-refractivity contribution is -0.115. The van der Waals surface area contributed by atoms with Crippen LogP contribution >= 0.6 is 12.6 Å². The van der Waals surface area contributed by atoms with Crippen molar-refractivity contribution in [3.63, 3.8) is 0 Å². The molecule has 0 aliphatic rings. The lowest BCUT2D eigenvalue weighted by atomic mass is 10.3. The summed E-state index contributed by atoms with van der Waals surface area (Å²) in [7, 11) is 1.67. The number of carbonyl (C=O) groups is 1. The number of benzene rings is 1. The molecular weight excluding hydrogens is 186 g/mol. The van der Waals surface area contributed by atoms with Gasteiger partial charge in [-0.05, 0) is 24.3 Å². The maximum atomic E-state index is 11.2. The van der Waals surface area contributed by atoms with Crippen molar-refractivity contribution in [3.8, 4) is 5.75 Å². The van der Waals surface area contributed by atoms with Crippen molar-refractivity contribution >= 4 is 24.2 Å². The summed E-state index contributed by atoms with van der Waals surface area (Å²) < 4.78 is 0. The standard InChI is InChI=1S/C9H11NO2S/c1-10(9(12)6-13)7-2-4-8(11)5-3-7/h2-5,11,13H,6H2,1H3. The minimum absolute atomic E-state index is 0.0750. The van der Waals surface area contributed by atoms with Crippen molar-refractivity contribution in [1.29, 1.82) is 0 Å². The molecule has 0 unspecified atom stereocenters. The van der Waals surface area contributed by atoms with Crippen molar-refractivity contribution in [2.75, 3.05) is 17.7 Å². The lowest BCUT2D eigenvalue weighted by Gasteiger charge is -2.15. The summed E-state index contributed by atoms with van der Waals surface area (Å²) >= 11 is 3.88. The Balaban J connectivity index is 2.83. The van der Waals surface area contributed by atoms with Crippen LogP contribution in [-0.2, 0) is 4.79 Å². The fraction of sp³-hybridized carbons (Fsp3) is 0.222. The molecule has 1 rings (SSSR count). The fourth-order valence-electron chi connectivity index (χ4n) is 0.926. The summed E-state index contributed by atoms with van der Waals surface area (Å²) in [6, 6.07) is 6.43. The zero-order chi connectivity index (χ0) is 9.84. The summed E-state index contributed by atoms with van der Waals surface area (Å²) in [5.74, 6) is 0.293. The SMILES string of the molecule is CN(C(=O)CS)c1ccc(O)cc1. The molecule has 1 amide bonds. The molecule has 0 aliphatic heterocycles. The number of phenols is 1. The van der Waals surface area contributed by atoms with Crippen LogP contribution in [0.15, 0.2) is 24.3 Å². The van der Waals surface area contributed by atoms with Gasteiger partial charge in [-0.1, -0.05) is 0 Å². The number of carbonyl (C=O) groups excluding carboxylic acids is 1. The van der Waals surface area contributed by atoms with E-state index in [1.54, 1.807) is 19.2 Å². The van der Waals surface area contributed by atoms with Gasteiger partial charge in [0, 0.05) is 12.7 Å². The lowest BCUT2D eigenvalue weighted by Crippen LogP contribution is -2.26. The van der Waals surface area contributed by atoms with E-state index in [0.29, 0.717) is 0 Å². The smallest absolute Gasteiger partial charge is 0.236 e. The molecule has 3 nitrogen and oxygen atoms in total. The summed E-state index contributed by atoms with van der Waals surface area (Å²) in [6.45, 7) is 0. The van der Waals surface area contributed by atoms with Gasteiger partial charge in [-0.15, -0.1) is 0 Å². The Morgan fingerprint density at radius 1 is 1.46 bits per heavy atom. The van der Waals surface area contributed by atoms with Gasteiger partial charge in [0.1, 0.15) is 5.75 Å². The highest BCUT2D eigenvalue weighted by Crippen LogP contribution is 2.17. The molecule has 0 aromatic heterocycles. The molecule has 0 bridgehead atoms. The zero-order valence-corrected chi connectivity index (χ0v) is 8.16. The van der Waals surface area contributed by atoms with Gasteiger partial charge in [0.2, 0.25) is 5.91 Å². The third kappa shape index (κ3) is 2.39. The van der Waals surface area contributed by atoms with Crippen molar-refractivity contribution in [2.24, 2.45) is 0 Å². The monoisotopic (exact) mass is 197 g/mol. The third-order valence-corrected chi connectivity index (χ3v) is 2.02. The molecule has 0 radical (unpaired) electrons. The molecule has 0 fully saturated rings. The van der Waals surface area contributed by atoms with Gasteiger partial charge < -0.3 is 10.0 Å². The molecule has 1 N–H and O–H groups in total. The van der Waals surface area contributed by atoms with E-state index in [2.05, 4.69) is 12.6 Å². The maximum Gasteiger partial charge on any atom is 0.236 e. The average molecular weight is 197 g/mol. The van der Waals surface area contributed by atoms with Crippen LogP contribution < -0.4 is 4.90 Å². The van der Waals surface area contributed by atoms with E-state index in [-0.39, 0.29) is 17.4 Å². The molecule has 70 valence electrons. The van der Waals surface area contributed by atoms with Crippen LogP contribution in [0.4, 0.5) is 5.69 Å². The first kappa shape index (κ1) is 9.92. The second-order valence-electron chi connectivity index (χ2n) is 2.63. The van der Waals surface area contributed by atoms with E-state index < -0.39 is 0 Å². The molecule has 0 heterocycles. The molecule has 4 heteroatoms. The third-order valence-electron chi connectivity index (χ3n) is 1.75. The molecule has 0 aliphatic carbocycles. The average Bonchev–Trinajstić information content (AvgIpc) is 2.17. The topological polar surface area (TPSA) is 40.5 Å². The van der Waals surface area contributed by atoms with E-state index in [4.69, 9.17) is 5.11 Å². The number of phenolic OH excluding ortho intramolecular Hbond substituents is 1. The molecule has 0 saturated carbocycles. The van der Waals surface area contributed by atoms with Crippen LogP contribution in [0.2, 0.25) is 0 Å². The van der Waals surface area contributed by atoms with Crippen molar-refractivity contribution < 1.29 is 9.90 Å². The van der Waals surface area contributed by atoms with Crippen LogP contribution in [0.3, 0.4) is 0 Å². The summed E-state index contributed by atoms with van der Waals surface area (Å²) in [4.78, 5) is 12.7. The summed E-state index contributed by atoms with van der Waals surface area (Å²) in [6.07, 6.45) is 0. The van der Waals surface area contributed by atoms with Gasteiger partial charge in [0.25, 0.3) is 0 Å². The molecule has 0 spiro atoms. The first-order chi connectivity index (χ1) is 6.15. The second-order valence-corrected chi connectivity index (χ2v) is 2.94. The number of aromatic hydroxyl groups is 1. The van der Waals surface area contributed by atoms with E-state index in [0.717, 1.165) is 5.69 Å². The molecule has 1 aromatic rings. The number of nitrogens with zero attached hydrogens (tertiary/aromatic N) is 1. The summed E-state index contributed by atoms with van der Waals surface area (Å²) in [5.41, 5.74) is 0.747. The Labute approximate surface area is 82.4 Å². The Morgan fingerprint density at radius 3 is 2.46 bits per heavy atom. The van der Waals surface area contributed by atoms with E-state index in [1.807, 2.05) is 0 Å². The van der Waals surface area contributed by atoms with Gasteiger partial charge in [-0.25, -0.2) is 0 Å². The quantitative estimate of drug-likeness (QED) is 0.701. The predicted molar refractivity (Wildman–Crippen MR) is 55.4 cm³/mol. The number of rotatable bonds is 2. The number of thiol groups is 1.